The molecule has 0 N–H and O–H groups in total. The number of benzene rings is 2. The molecule has 4 rings (SSSR count). The lowest BCUT2D eigenvalue weighted by molar-refractivity contribution is 0.0732. The first kappa shape index (κ1) is 18.8. The molecule has 0 unspecified atom stereocenters. The highest BCUT2D eigenvalue weighted by atomic mass is 16.5. The van der Waals surface area contributed by atoms with Gasteiger partial charge in [0.05, 0.1) is 19.2 Å². The summed E-state index contributed by atoms with van der Waals surface area (Å²) in [5.41, 5.74) is 2.54. The predicted molar refractivity (Wildman–Crippen MR) is 108 cm³/mol. The number of fused-ring (bicyclic) bond motifs is 1. The number of methoxy groups -OCH3 is 1. The van der Waals surface area contributed by atoms with Gasteiger partial charge in [-0.1, -0.05) is 30.3 Å². The molecule has 0 fully saturated rings. The van der Waals surface area contributed by atoms with Gasteiger partial charge < -0.3 is 19.1 Å². The monoisotopic (exact) mass is 390 g/mol. The number of aromatic nitrogens is 1. The lowest BCUT2D eigenvalue weighted by Crippen LogP contribution is -2.32. The van der Waals surface area contributed by atoms with E-state index in [4.69, 9.17) is 14.2 Å². The van der Waals surface area contributed by atoms with Gasteiger partial charge in [-0.15, -0.1) is 0 Å². The smallest absolute Gasteiger partial charge is 0.255 e. The van der Waals surface area contributed by atoms with Gasteiger partial charge in [0.15, 0.2) is 0 Å². The second-order valence-corrected chi connectivity index (χ2v) is 6.71. The highest BCUT2D eigenvalue weighted by Crippen LogP contribution is 2.28. The van der Waals surface area contributed by atoms with Crippen LogP contribution in [0, 0.1) is 0 Å². The van der Waals surface area contributed by atoms with E-state index in [0.717, 1.165) is 22.6 Å². The van der Waals surface area contributed by atoms with Gasteiger partial charge in [-0.3, -0.25) is 4.79 Å². The first-order valence-corrected chi connectivity index (χ1v) is 9.45. The van der Waals surface area contributed by atoms with Crippen LogP contribution in [0.15, 0.2) is 66.9 Å². The van der Waals surface area contributed by atoms with Gasteiger partial charge in [0.1, 0.15) is 24.7 Å². The molecule has 1 aliphatic heterocycles. The van der Waals surface area contributed by atoms with Crippen LogP contribution in [0.4, 0.5) is 0 Å². The molecule has 1 aromatic heterocycles. The first-order valence-electron chi connectivity index (χ1n) is 9.45. The first-order chi connectivity index (χ1) is 14.2. The van der Waals surface area contributed by atoms with Crippen molar-refractivity contribution >= 4 is 5.91 Å². The average Bonchev–Trinajstić information content (AvgIpc) is 3.00. The zero-order valence-electron chi connectivity index (χ0n) is 16.2. The Hall–Kier alpha value is -3.54. The third-order valence-corrected chi connectivity index (χ3v) is 4.74. The highest BCUT2D eigenvalue weighted by molar-refractivity contribution is 5.94. The Kier molecular flexibility index (Phi) is 5.61. The number of rotatable bonds is 5. The van der Waals surface area contributed by atoms with Crippen LogP contribution in [0.2, 0.25) is 0 Å². The fraction of sp³-hybridized carbons (Fsp3) is 0.217. The second kappa shape index (κ2) is 8.65. The van der Waals surface area contributed by atoms with Gasteiger partial charge in [-0.2, -0.15) is 0 Å². The fourth-order valence-electron chi connectivity index (χ4n) is 3.18. The molecule has 2 aromatic carbocycles. The van der Waals surface area contributed by atoms with Crippen molar-refractivity contribution in [1.82, 2.24) is 9.88 Å². The van der Waals surface area contributed by atoms with Crippen LogP contribution in [0.3, 0.4) is 0 Å². The molecule has 0 atom stereocenters. The van der Waals surface area contributed by atoms with Crippen LogP contribution in [0.1, 0.15) is 21.5 Å². The number of hydrogen-bond acceptors (Lipinski definition) is 5. The normalized spacial score (nSPS) is 13.1. The summed E-state index contributed by atoms with van der Waals surface area (Å²) in [6.07, 6.45) is 1.53. The molecule has 0 radical (unpaired) electrons. The van der Waals surface area contributed by atoms with Crippen LogP contribution in [-0.2, 0) is 13.2 Å². The highest BCUT2D eigenvalue weighted by Gasteiger charge is 2.22. The summed E-state index contributed by atoms with van der Waals surface area (Å²) in [6, 6.07) is 19.1. The van der Waals surface area contributed by atoms with Crippen molar-refractivity contribution in [2.45, 2.75) is 13.2 Å². The number of ether oxygens (including phenoxy) is 3. The molecule has 1 aliphatic rings. The van der Waals surface area contributed by atoms with Crippen LogP contribution < -0.4 is 14.2 Å². The van der Waals surface area contributed by atoms with E-state index < -0.39 is 0 Å². The second-order valence-electron chi connectivity index (χ2n) is 6.71. The molecule has 3 aromatic rings. The number of carbonyl (C=O) groups excluding carboxylic acids is 1. The molecule has 29 heavy (non-hydrogen) atoms. The van der Waals surface area contributed by atoms with Gasteiger partial charge in [0.2, 0.25) is 5.88 Å². The maximum Gasteiger partial charge on any atom is 0.255 e. The Labute approximate surface area is 169 Å². The van der Waals surface area contributed by atoms with Crippen molar-refractivity contribution in [3.63, 3.8) is 0 Å². The SMILES string of the molecule is COc1ccc(C(=O)N2CCOc3ccc(OCc4ccccc4)cc3C2)cn1. The summed E-state index contributed by atoms with van der Waals surface area (Å²) in [6.45, 7) is 1.87. The molecule has 6 heteroatoms. The van der Waals surface area contributed by atoms with Crippen LogP contribution >= 0.6 is 0 Å². The lowest BCUT2D eigenvalue weighted by atomic mass is 10.1. The standard InChI is InChI=1S/C23H22N2O4/c1-27-22-10-7-18(14-24-22)23(26)25-11-12-28-21-9-8-20(13-19(21)15-25)29-16-17-5-3-2-4-6-17/h2-10,13-14H,11-12,15-16H2,1H3. The van der Waals surface area contributed by atoms with Gasteiger partial charge in [0, 0.05) is 24.4 Å². The Morgan fingerprint density at radius 3 is 2.76 bits per heavy atom. The number of amides is 1. The van der Waals surface area contributed by atoms with Crippen molar-refractivity contribution in [2.75, 3.05) is 20.3 Å². The van der Waals surface area contributed by atoms with Gasteiger partial charge in [-0.25, -0.2) is 4.98 Å². The lowest BCUT2D eigenvalue weighted by Gasteiger charge is -2.20. The van der Waals surface area contributed by atoms with Crippen molar-refractivity contribution in [1.29, 1.82) is 0 Å². The number of carbonyl (C=O) groups is 1. The summed E-state index contributed by atoms with van der Waals surface area (Å²) in [5, 5.41) is 0. The molecule has 6 nitrogen and oxygen atoms in total. The Morgan fingerprint density at radius 1 is 1.14 bits per heavy atom. The minimum atomic E-state index is -0.0905. The molecule has 0 bridgehead atoms. The van der Waals surface area contributed by atoms with Crippen molar-refractivity contribution < 1.29 is 19.0 Å². The molecule has 0 spiro atoms. The van der Waals surface area contributed by atoms with E-state index in [1.807, 2.05) is 48.5 Å². The zero-order chi connectivity index (χ0) is 20.1. The maximum absolute atomic E-state index is 12.9. The molecule has 148 valence electrons. The van der Waals surface area contributed by atoms with Gasteiger partial charge in [-0.05, 0) is 29.8 Å². The topological polar surface area (TPSA) is 60.9 Å². The Bertz CT molecular complexity index is 974. The van der Waals surface area contributed by atoms with E-state index >= 15 is 0 Å². The predicted octanol–water partition coefficient (Wildman–Crippen LogP) is 3.70. The molecule has 0 saturated heterocycles. The van der Waals surface area contributed by atoms with Crippen molar-refractivity contribution in [2.24, 2.45) is 0 Å². The van der Waals surface area contributed by atoms with E-state index in [9.17, 15) is 4.79 Å². The molecule has 1 amide bonds. The molecule has 0 saturated carbocycles. The number of pyridine rings is 1. The van der Waals surface area contributed by atoms with E-state index in [-0.39, 0.29) is 5.91 Å². The largest absolute Gasteiger partial charge is 0.491 e. The molecular formula is C23H22N2O4. The quantitative estimate of drug-likeness (QED) is 0.665. The minimum absolute atomic E-state index is 0.0905. The summed E-state index contributed by atoms with van der Waals surface area (Å²) in [5.74, 6) is 1.91. The van der Waals surface area contributed by atoms with Crippen molar-refractivity contribution in [3.8, 4) is 17.4 Å². The molecule has 2 heterocycles. The van der Waals surface area contributed by atoms with Crippen LogP contribution in [-0.4, -0.2) is 36.1 Å². The van der Waals surface area contributed by atoms with Crippen molar-refractivity contribution in [3.05, 3.63) is 83.6 Å². The number of nitrogens with zero attached hydrogens (tertiary/aromatic N) is 2. The fourth-order valence-corrected chi connectivity index (χ4v) is 3.18. The van der Waals surface area contributed by atoms with E-state index in [0.29, 0.717) is 37.7 Å². The zero-order valence-corrected chi connectivity index (χ0v) is 16.2. The summed E-state index contributed by atoms with van der Waals surface area (Å²) >= 11 is 0. The van der Waals surface area contributed by atoms with Gasteiger partial charge in [0.25, 0.3) is 5.91 Å². The van der Waals surface area contributed by atoms with E-state index in [1.54, 1.807) is 24.1 Å². The summed E-state index contributed by atoms with van der Waals surface area (Å²) in [7, 11) is 1.55. The van der Waals surface area contributed by atoms with E-state index in [1.165, 1.54) is 6.20 Å². The van der Waals surface area contributed by atoms with E-state index in [2.05, 4.69) is 4.98 Å². The maximum atomic E-state index is 12.9. The third kappa shape index (κ3) is 4.48. The third-order valence-electron chi connectivity index (χ3n) is 4.74. The molecular weight excluding hydrogens is 368 g/mol. The van der Waals surface area contributed by atoms with Crippen LogP contribution in [0.25, 0.3) is 0 Å². The summed E-state index contributed by atoms with van der Waals surface area (Å²) in [4.78, 5) is 18.8. The summed E-state index contributed by atoms with van der Waals surface area (Å²) < 4.78 is 16.8. The number of hydrogen-bond donors (Lipinski definition) is 0. The Balaban J connectivity index is 1.48. The minimum Gasteiger partial charge on any atom is -0.491 e. The average molecular weight is 390 g/mol. The van der Waals surface area contributed by atoms with Gasteiger partial charge >= 0.3 is 0 Å². The Morgan fingerprint density at radius 2 is 2.00 bits per heavy atom. The van der Waals surface area contributed by atoms with Crippen LogP contribution in [0.5, 0.6) is 17.4 Å². The molecule has 0 aliphatic carbocycles.